The molecule has 0 radical (unpaired) electrons. The Hall–Kier alpha value is -1.69. The van der Waals surface area contributed by atoms with Crippen LogP contribution in [-0.2, 0) is 0 Å². The summed E-state index contributed by atoms with van der Waals surface area (Å²) in [5.74, 6) is -0.606. The molecule has 11 heavy (non-hydrogen) atoms. The highest BCUT2D eigenvalue weighted by Crippen LogP contribution is 2.03. The van der Waals surface area contributed by atoms with Crippen molar-refractivity contribution in [2.45, 2.75) is 6.92 Å². The van der Waals surface area contributed by atoms with Gasteiger partial charge in [0.2, 0.25) is 10.4 Å². The molecule has 0 fully saturated rings. The number of diazo groups is 1. The minimum Gasteiger partial charge on any atom is -0.193 e. The van der Waals surface area contributed by atoms with Crippen LogP contribution in [0.25, 0.3) is 4.98 Å². The van der Waals surface area contributed by atoms with Gasteiger partial charge in [-0.2, -0.15) is 4.79 Å². The zero-order valence-corrected chi connectivity index (χ0v) is 6.11. The second-order valence-corrected chi connectivity index (χ2v) is 2.27. The van der Waals surface area contributed by atoms with Gasteiger partial charge in [-0.25, -0.2) is 0 Å². The van der Waals surface area contributed by atoms with Crippen LogP contribution in [0.3, 0.4) is 0 Å². The number of aryl methyl sites for hydroxylation is 1. The van der Waals surface area contributed by atoms with E-state index >= 15 is 0 Å². The molecule has 3 nitrogen and oxygen atoms in total. The lowest BCUT2D eigenvalue weighted by Gasteiger charge is -1.87. The largest absolute Gasteiger partial charge is 0.593 e. The van der Waals surface area contributed by atoms with Crippen LogP contribution in [0.15, 0.2) is 24.3 Å². The van der Waals surface area contributed by atoms with E-state index in [-0.39, 0.29) is 0 Å². The Labute approximate surface area is 64.3 Å². The Morgan fingerprint density at radius 1 is 1.36 bits per heavy atom. The smallest absolute Gasteiger partial charge is 0.193 e. The fraction of sp³-hybridized carbons (Fsp3) is 0.125. The Morgan fingerprint density at radius 3 is 2.36 bits per heavy atom. The molecule has 1 amide bonds. The number of nitrogens with zero attached hydrogens (tertiary/aromatic N) is 2. The minimum atomic E-state index is -0.606. The highest BCUT2D eigenvalue weighted by atomic mass is 16.1. The monoisotopic (exact) mass is 147 g/mol. The number of benzene rings is 1. The van der Waals surface area contributed by atoms with Crippen molar-refractivity contribution in [3.63, 3.8) is 0 Å². The van der Waals surface area contributed by atoms with E-state index in [9.17, 15) is 4.79 Å². The van der Waals surface area contributed by atoms with Crippen LogP contribution >= 0.6 is 0 Å². The van der Waals surface area contributed by atoms with Crippen molar-refractivity contribution < 1.29 is 4.79 Å². The predicted octanol–water partition coefficient (Wildman–Crippen LogP) is 1.99. The van der Waals surface area contributed by atoms with Gasteiger partial charge < -0.3 is 0 Å². The third-order valence-electron chi connectivity index (χ3n) is 1.39. The van der Waals surface area contributed by atoms with Crippen molar-refractivity contribution in [2.24, 2.45) is 0 Å². The first-order valence-corrected chi connectivity index (χ1v) is 3.20. The van der Waals surface area contributed by atoms with Gasteiger partial charge in [-0.3, -0.25) is 0 Å². The number of hydrogen-bond acceptors (Lipinski definition) is 2. The normalized spacial score (nSPS) is 8.73. The summed E-state index contributed by atoms with van der Waals surface area (Å²) < 4.78 is 0. The van der Waals surface area contributed by atoms with E-state index in [0.29, 0.717) is 5.56 Å². The standard InChI is InChI=1S/C8H7N2O/c1-6-2-4-7(5-3-6)8(11)10-9/h2-5H,1H3/q+1. The molecule has 0 aliphatic rings. The Kier molecular flexibility index (Phi) is 1.98. The molecule has 0 N–H and O–H groups in total. The quantitative estimate of drug-likeness (QED) is 0.570. The molecule has 0 saturated heterocycles. The maximum absolute atomic E-state index is 10.7. The maximum atomic E-state index is 10.7. The van der Waals surface area contributed by atoms with E-state index in [1.54, 1.807) is 24.3 Å². The lowest BCUT2D eigenvalue weighted by Crippen LogP contribution is -1.90. The van der Waals surface area contributed by atoms with Crippen molar-refractivity contribution >= 4 is 5.91 Å². The Morgan fingerprint density at radius 2 is 1.91 bits per heavy atom. The van der Waals surface area contributed by atoms with Crippen molar-refractivity contribution in [1.29, 1.82) is 5.39 Å². The summed E-state index contributed by atoms with van der Waals surface area (Å²) in [6.45, 7) is 1.92. The van der Waals surface area contributed by atoms with Gasteiger partial charge in [0.15, 0.2) is 0 Å². The Balaban J connectivity index is 3.01. The van der Waals surface area contributed by atoms with Gasteiger partial charge >= 0.3 is 5.91 Å². The average molecular weight is 147 g/mol. The summed E-state index contributed by atoms with van der Waals surface area (Å²) in [6, 6.07) is 6.82. The van der Waals surface area contributed by atoms with E-state index in [0.717, 1.165) is 5.56 Å². The van der Waals surface area contributed by atoms with Gasteiger partial charge in [0.1, 0.15) is 5.56 Å². The third kappa shape index (κ3) is 1.62. The molecule has 0 bridgehead atoms. The van der Waals surface area contributed by atoms with E-state index in [2.05, 4.69) is 4.98 Å². The molecule has 0 spiro atoms. The first-order chi connectivity index (χ1) is 5.24. The SMILES string of the molecule is Cc1ccc(C(=O)[N+]#N)cc1. The van der Waals surface area contributed by atoms with Gasteiger partial charge in [0.05, 0.1) is 0 Å². The molecule has 3 heteroatoms. The molecule has 0 saturated carbocycles. The van der Waals surface area contributed by atoms with Crippen molar-refractivity contribution in [2.75, 3.05) is 0 Å². The molecule has 0 atom stereocenters. The molecule has 0 aromatic heterocycles. The fourth-order valence-electron chi connectivity index (χ4n) is 0.754. The molecule has 1 aromatic carbocycles. The van der Waals surface area contributed by atoms with Crippen LogP contribution in [-0.4, -0.2) is 5.91 Å². The highest BCUT2D eigenvalue weighted by molar-refractivity contribution is 6.01. The van der Waals surface area contributed by atoms with E-state index in [4.69, 9.17) is 5.39 Å². The minimum absolute atomic E-state index is 0.401. The Bertz CT molecular complexity index is 308. The van der Waals surface area contributed by atoms with Crippen LogP contribution in [0.4, 0.5) is 0 Å². The van der Waals surface area contributed by atoms with Crippen molar-refractivity contribution in [3.05, 3.63) is 40.4 Å². The van der Waals surface area contributed by atoms with Gasteiger partial charge in [-0.1, -0.05) is 17.7 Å². The number of carbonyl (C=O) groups excluding carboxylic acids is 1. The van der Waals surface area contributed by atoms with Crippen molar-refractivity contribution in [1.82, 2.24) is 0 Å². The molecule has 54 valence electrons. The van der Waals surface area contributed by atoms with Crippen LogP contribution in [0.2, 0.25) is 0 Å². The van der Waals surface area contributed by atoms with Crippen LogP contribution in [0.1, 0.15) is 15.9 Å². The number of amides is 1. The molecule has 0 aliphatic heterocycles. The summed E-state index contributed by atoms with van der Waals surface area (Å²) in [7, 11) is 0. The van der Waals surface area contributed by atoms with Crippen molar-refractivity contribution in [3.8, 4) is 0 Å². The first-order valence-electron chi connectivity index (χ1n) is 3.20. The predicted molar refractivity (Wildman–Crippen MR) is 40.6 cm³/mol. The average Bonchev–Trinajstić information content (AvgIpc) is 2.05. The highest BCUT2D eigenvalue weighted by Gasteiger charge is 2.16. The lowest BCUT2D eigenvalue weighted by atomic mass is 10.1. The summed E-state index contributed by atoms with van der Waals surface area (Å²) in [6.07, 6.45) is 0. The number of rotatable bonds is 1. The fourth-order valence-corrected chi connectivity index (χ4v) is 0.754. The number of carbonyl (C=O) groups is 1. The topological polar surface area (TPSA) is 45.2 Å². The second-order valence-electron chi connectivity index (χ2n) is 2.27. The molecule has 0 aliphatic carbocycles. The van der Waals surface area contributed by atoms with Crippen LogP contribution in [0.5, 0.6) is 0 Å². The van der Waals surface area contributed by atoms with Crippen LogP contribution < -0.4 is 0 Å². The molecular formula is C8H7N2O+. The third-order valence-corrected chi connectivity index (χ3v) is 1.39. The second kappa shape index (κ2) is 2.93. The van der Waals surface area contributed by atoms with Gasteiger partial charge in [0.25, 0.3) is 0 Å². The number of hydrogen-bond donors (Lipinski definition) is 0. The summed E-state index contributed by atoms with van der Waals surface area (Å²) >= 11 is 0. The zero-order valence-electron chi connectivity index (χ0n) is 6.11. The molecular weight excluding hydrogens is 140 g/mol. The van der Waals surface area contributed by atoms with Gasteiger partial charge in [-0.05, 0) is 19.1 Å². The van der Waals surface area contributed by atoms with E-state index in [1.807, 2.05) is 6.92 Å². The van der Waals surface area contributed by atoms with Gasteiger partial charge in [0, 0.05) is 0 Å². The van der Waals surface area contributed by atoms with Crippen LogP contribution in [0, 0.1) is 12.3 Å². The lowest BCUT2D eigenvalue weighted by molar-refractivity contribution is 0.104. The maximum Gasteiger partial charge on any atom is 0.593 e. The molecule has 1 aromatic rings. The summed E-state index contributed by atoms with van der Waals surface area (Å²) in [5.41, 5.74) is 1.47. The molecule has 1 rings (SSSR count). The zero-order chi connectivity index (χ0) is 8.27. The molecule has 0 heterocycles. The molecule has 0 unspecified atom stereocenters. The first kappa shape index (κ1) is 7.42. The summed E-state index contributed by atoms with van der Waals surface area (Å²) in [5, 5.41) is 8.13. The summed E-state index contributed by atoms with van der Waals surface area (Å²) in [4.78, 5) is 13.3. The van der Waals surface area contributed by atoms with E-state index in [1.165, 1.54) is 0 Å². The van der Waals surface area contributed by atoms with Gasteiger partial charge in [-0.15, -0.1) is 0 Å². The van der Waals surface area contributed by atoms with E-state index < -0.39 is 5.91 Å².